The van der Waals surface area contributed by atoms with Crippen LogP contribution in [0.15, 0.2) is 0 Å². The summed E-state index contributed by atoms with van der Waals surface area (Å²) in [5, 5.41) is 0. The van der Waals surface area contributed by atoms with Crippen LogP contribution >= 0.6 is 0 Å². The zero-order chi connectivity index (χ0) is 9.71. The number of nitrogens with zero attached hydrogens (tertiary/aromatic N) is 2. The average Bonchev–Trinajstić information content (AvgIpc) is 2.82. The van der Waals surface area contributed by atoms with Crippen LogP contribution in [0, 0.1) is 0 Å². The van der Waals surface area contributed by atoms with Crippen molar-refractivity contribution < 1.29 is 9.59 Å². The average molecular weight is 194 g/mol. The largest absolute Gasteiger partial charge is 0.329 e. The summed E-state index contributed by atoms with van der Waals surface area (Å²) in [6.07, 6.45) is 3.72. The Kier molecular flexibility index (Phi) is 1.60. The van der Waals surface area contributed by atoms with Crippen molar-refractivity contribution in [2.75, 3.05) is 13.1 Å². The van der Waals surface area contributed by atoms with Gasteiger partial charge in [-0.15, -0.1) is 0 Å². The highest BCUT2D eigenvalue weighted by molar-refractivity contribution is 5.97. The number of rotatable bonds is 0. The zero-order valence-corrected chi connectivity index (χ0v) is 8.11. The molecule has 3 heterocycles. The van der Waals surface area contributed by atoms with E-state index in [1.807, 2.05) is 0 Å². The molecular formula is C10H14N2O2. The third-order valence-electron chi connectivity index (χ3n) is 3.64. The molecule has 0 aromatic carbocycles. The third-order valence-corrected chi connectivity index (χ3v) is 3.64. The molecule has 0 aromatic heterocycles. The number of hydrogen-bond donors (Lipinski definition) is 0. The van der Waals surface area contributed by atoms with Gasteiger partial charge in [-0.3, -0.25) is 9.59 Å². The first-order valence-electron chi connectivity index (χ1n) is 5.40. The molecule has 3 rings (SSSR count). The van der Waals surface area contributed by atoms with E-state index >= 15 is 0 Å². The van der Waals surface area contributed by atoms with Crippen molar-refractivity contribution in [3.8, 4) is 0 Å². The highest BCUT2D eigenvalue weighted by Gasteiger charge is 2.49. The smallest absolute Gasteiger partial charge is 0.246 e. The molecule has 3 aliphatic heterocycles. The molecule has 0 spiro atoms. The van der Waals surface area contributed by atoms with Crippen LogP contribution < -0.4 is 0 Å². The molecule has 3 saturated heterocycles. The van der Waals surface area contributed by atoms with Gasteiger partial charge in [0.05, 0.1) is 0 Å². The first kappa shape index (κ1) is 8.26. The van der Waals surface area contributed by atoms with Gasteiger partial charge in [-0.1, -0.05) is 0 Å². The summed E-state index contributed by atoms with van der Waals surface area (Å²) >= 11 is 0. The van der Waals surface area contributed by atoms with Crippen molar-refractivity contribution in [2.24, 2.45) is 0 Å². The van der Waals surface area contributed by atoms with Crippen LogP contribution in [0.5, 0.6) is 0 Å². The Labute approximate surface area is 82.8 Å². The summed E-state index contributed by atoms with van der Waals surface area (Å²) in [5.41, 5.74) is 0. The van der Waals surface area contributed by atoms with Gasteiger partial charge in [0.15, 0.2) is 0 Å². The first-order chi connectivity index (χ1) is 6.79. The Hall–Kier alpha value is -1.06. The molecule has 0 bridgehead atoms. The Morgan fingerprint density at radius 3 is 1.71 bits per heavy atom. The molecule has 0 N–H and O–H groups in total. The predicted molar refractivity (Wildman–Crippen MR) is 49.5 cm³/mol. The Morgan fingerprint density at radius 1 is 0.857 bits per heavy atom. The highest BCUT2D eigenvalue weighted by atomic mass is 16.2. The van der Waals surface area contributed by atoms with E-state index in [-0.39, 0.29) is 23.9 Å². The van der Waals surface area contributed by atoms with Gasteiger partial charge in [0.1, 0.15) is 12.1 Å². The third kappa shape index (κ3) is 0.885. The van der Waals surface area contributed by atoms with Crippen LogP contribution in [0.3, 0.4) is 0 Å². The van der Waals surface area contributed by atoms with Gasteiger partial charge in [0, 0.05) is 13.1 Å². The Bertz CT molecular complexity index is 248. The molecule has 2 amide bonds. The summed E-state index contributed by atoms with van der Waals surface area (Å²) in [6.45, 7) is 1.58. The molecule has 0 unspecified atom stereocenters. The van der Waals surface area contributed by atoms with Gasteiger partial charge in [-0.25, -0.2) is 0 Å². The van der Waals surface area contributed by atoms with Crippen LogP contribution in [0.25, 0.3) is 0 Å². The number of carbonyl (C=O) groups is 2. The Balaban J connectivity index is 1.96. The molecule has 0 aliphatic carbocycles. The van der Waals surface area contributed by atoms with Crippen LogP contribution in [0.4, 0.5) is 0 Å². The maximum Gasteiger partial charge on any atom is 0.246 e. The van der Waals surface area contributed by atoms with E-state index < -0.39 is 0 Å². The topological polar surface area (TPSA) is 40.6 Å². The molecule has 0 aromatic rings. The number of hydrogen-bond acceptors (Lipinski definition) is 2. The molecule has 2 atom stereocenters. The minimum absolute atomic E-state index is 0.114. The fourth-order valence-electron chi connectivity index (χ4n) is 2.96. The molecule has 0 radical (unpaired) electrons. The van der Waals surface area contributed by atoms with Crippen LogP contribution in [0.1, 0.15) is 25.7 Å². The number of fused-ring (bicyclic) bond motifs is 2. The van der Waals surface area contributed by atoms with Crippen molar-refractivity contribution in [3.63, 3.8) is 0 Å². The standard InChI is InChI=1S/C10H14N2O2/c13-9-7-3-1-5-11(7)10(14)8-4-2-6-12(8)9/h7-8H,1-6H2/t7-,8-/m0/s1. The van der Waals surface area contributed by atoms with Gasteiger partial charge < -0.3 is 9.80 Å². The van der Waals surface area contributed by atoms with Gasteiger partial charge in [0.25, 0.3) is 0 Å². The number of carbonyl (C=O) groups excluding carboxylic acids is 2. The van der Waals surface area contributed by atoms with Crippen molar-refractivity contribution >= 4 is 11.8 Å². The SMILES string of the molecule is O=C1[C@@H]2CCCN2C(=O)[C@@H]2CCCN12. The van der Waals surface area contributed by atoms with Gasteiger partial charge in [-0.05, 0) is 25.7 Å². The monoisotopic (exact) mass is 194 g/mol. The lowest BCUT2D eigenvalue weighted by Crippen LogP contribution is -2.60. The first-order valence-corrected chi connectivity index (χ1v) is 5.40. The van der Waals surface area contributed by atoms with E-state index in [4.69, 9.17) is 0 Å². The molecule has 4 nitrogen and oxygen atoms in total. The normalized spacial score (nSPS) is 36.3. The van der Waals surface area contributed by atoms with E-state index in [0.717, 1.165) is 38.8 Å². The van der Waals surface area contributed by atoms with Crippen LogP contribution in [0.2, 0.25) is 0 Å². The summed E-state index contributed by atoms with van der Waals surface area (Å²) in [6, 6.07) is -0.228. The fourth-order valence-corrected chi connectivity index (χ4v) is 2.96. The second-order valence-electron chi connectivity index (χ2n) is 4.38. The molecule has 4 heteroatoms. The molecule has 0 saturated carbocycles. The lowest BCUT2D eigenvalue weighted by molar-refractivity contribution is -0.156. The van der Waals surface area contributed by atoms with Crippen molar-refractivity contribution in [2.45, 2.75) is 37.8 Å². The molecular weight excluding hydrogens is 180 g/mol. The van der Waals surface area contributed by atoms with E-state index in [9.17, 15) is 9.59 Å². The van der Waals surface area contributed by atoms with Crippen molar-refractivity contribution in [1.82, 2.24) is 9.80 Å². The lowest BCUT2D eigenvalue weighted by atomic mass is 10.1. The minimum Gasteiger partial charge on any atom is -0.329 e. The van der Waals surface area contributed by atoms with Crippen LogP contribution in [-0.2, 0) is 9.59 Å². The highest BCUT2D eigenvalue weighted by Crippen LogP contribution is 2.31. The van der Waals surface area contributed by atoms with E-state index in [1.165, 1.54) is 0 Å². The summed E-state index contributed by atoms with van der Waals surface area (Å²) < 4.78 is 0. The molecule has 3 fully saturated rings. The predicted octanol–water partition coefficient (Wildman–Crippen LogP) is -0.0180. The van der Waals surface area contributed by atoms with Gasteiger partial charge in [0.2, 0.25) is 11.8 Å². The van der Waals surface area contributed by atoms with Gasteiger partial charge in [-0.2, -0.15) is 0 Å². The molecule has 76 valence electrons. The quantitative estimate of drug-likeness (QED) is 0.544. The van der Waals surface area contributed by atoms with Gasteiger partial charge >= 0.3 is 0 Å². The summed E-state index contributed by atoms with van der Waals surface area (Å²) in [5.74, 6) is 0.397. The number of piperazine rings is 1. The summed E-state index contributed by atoms with van der Waals surface area (Å²) in [4.78, 5) is 27.5. The maximum absolute atomic E-state index is 12.0. The van der Waals surface area contributed by atoms with E-state index in [1.54, 1.807) is 9.80 Å². The maximum atomic E-state index is 12.0. The van der Waals surface area contributed by atoms with E-state index in [2.05, 4.69) is 0 Å². The lowest BCUT2D eigenvalue weighted by Gasteiger charge is -2.38. The number of amides is 2. The zero-order valence-electron chi connectivity index (χ0n) is 8.11. The fraction of sp³-hybridized carbons (Fsp3) is 0.800. The second kappa shape index (κ2) is 2.72. The molecule has 14 heavy (non-hydrogen) atoms. The van der Waals surface area contributed by atoms with Crippen LogP contribution in [-0.4, -0.2) is 46.8 Å². The minimum atomic E-state index is -0.114. The Morgan fingerprint density at radius 2 is 1.29 bits per heavy atom. The molecule has 3 aliphatic rings. The van der Waals surface area contributed by atoms with E-state index in [0.29, 0.717) is 0 Å². The van der Waals surface area contributed by atoms with Crippen molar-refractivity contribution in [3.05, 3.63) is 0 Å². The van der Waals surface area contributed by atoms with Crippen molar-refractivity contribution in [1.29, 1.82) is 0 Å². The second-order valence-corrected chi connectivity index (χ2v) is 4.38. The summed E-state index contributed by atoms with van der Waals surface area (Å²) in [7, 11) is 0.